The molecule has 0 aliphatic heterocycles. The van der Waals surface area contributed by atoms with Crippen LogP contribution in [0.1, 0.15) is 27.6 Å². The van der Waals surface area contributed by atoms with Crippen LogP contribution in [0.3, 0.4) is 0 Å². The number of ether oxygens (including phenoxy) is 2. The monoisotopic (exact) mass is 398 g/mol. The Hall–Kier alpha value is -2.28. The smallest absolute Gasteiger partial charge is 0.340 e. The molecular formula is C17H13BrF2O4. The third-order valence-electron chi connectivity index (χ3n) is 3.25. The van der Waals surface area contributed by atoms with Gasteiger partial charge in [0.15, 0.2) is 17.7 Å². The van der Waals surface area contributed by atoms with Crippen molar-refractivity contribution in [3.63, 3.8) is 0 Å². The van der Waals surface area contributed by atoms with E-state index in [1.165, 1.54) is 20.1 Å². The number of esters is 1. The van der Waals surface area contributed by atoms with Crippen molar-refractivity contribution in [3.8, 4) is 5.75 Å². The zero-order chi connectivity index (χ0) is 17.9. The average Bonchev–Trinajstić information content (AvgIpc) is 2.56. The van der Waals surface area contributed by atoms with Crippen LogP contribution in [-0.4, -0.2) is 25.0 Å². The van der Waals surface area contributed by atoms with E-state index in [2.05, 4.69) is 15.9 Å². The molecule has 24 heavy (non-hydrogen) atoms. The van der Waals surface area contributed by atoms with E-state index < -0.39 is 29.5 Å². The zero-order valence-corrected chi connectivity index (χ0v) is 14.4. The molecule has 2 aromatic carbocycles. The number of carbonyl (C=O) groups is 2. The molecule has 0 aliphatic carbocycles. The number of Topliss-reactive ketones (excluding diaryl/α,β-unsaturated/α-hetero) is 1. The summed E-state index contributed by atoms with van der Waals surface area (Å²) in [7, 11) is 1.45. The lowest BCUT2D eigenvalue weighted by Gasteiger charge is -2.14. The Labute approximate surface area is 145 Å². The number of hydrogen-bond acceptors (Lipinski definition) is 4. The summed E-state index contributed by atoms with van der Waals surface area (Å²) in [5.41, 5.74) is 0.0956. The minimum absolute atomic E-state index is 0.0843. The Morgan fingerprint density at radius 3 is 2.42 bits per heavy atom. The fourth-order valence-corrected chi connectivity index (χ4v) is 2.36. The highest BCUT2D eigenvalue weighted by molar-refractivity contribution is 9.10. The predicted octanol–water partition coefficient (Wildman–Crippen LogP) is 4.16. The van der Waals surface area contributed by atoms with Crippen LogP contribution < -0.4 is 4.74 Å². The maximum atomic E-state index is 13.2. The quantitative estimate of drug-likeness (QED) is 0.560. The van der Waals surface area contributed by atoms with Crippen LogP contribution in [0.2, 0.25) is 0 Å². The number of benzene rings is 2. The summed E-state index contributed by atoms with van der Waals surface area (Å²) < 4.78 is 36.8. The molecule has 0 aliphatic rings. The van der Waals surface area contributed by atoms with Crippen molar-refractivity contribution >= 4 is 27.7 Å². The summed E-state index contributed by atoms with van der Waals surface area (Å²) >= 11 is 3.22. The van der Waals surface area contributed by atoms with Crippen molar-refractivity contribution in [2.75, 3.05) is 7.11 Å². The topological polar surface area (TPSA) is 52.6 Å². The Kier molecular flexibility index (Phi) is 5.66. The Morgan fingerprint density at radius 2 is 1.79 bits per heavy atom. The van der Waals surface area contributed by atoms with Gasteiger partial charge in [0.05, 0.1) is 12.7 Å². The van der Waals surface area contributed by atoms with Gasteiger partial charge in [-0.15, -0.1) is 0 Å². The van der Waals surface area contributed by atoms with Gasteiger partial charge in [-0.05, 0) is 59.3 Å². The van der Waals surface area contributed by atoms with Gasteiger partial charge in [-0.1, -0.05) is 0 Å². The van der Waals surface area contributed by atoms with Gasteiger partial charge in [-0.3, -0.25) is 4.79 Å². The van der Waals surface area contributed by atoms with Gasteiger partial charge in [0.2, 0.25) is 5.78 Å². The number of halogens is 3. The summed E-state index contributed by atoms with van der Waals surface area (Å²) in [4.78, 5) is 24.4. The maximum absolute atomic E-state index is 13.2. The Balaban J connectivity index is 2.16. The molecule has 0 heterocycles. The number of methoxy groups -OCH3 is 1. The van der Waals surface area contributed by atoms with Crippen LogP contribution in [0, 0.1) is 11.6 Å². The highest BCUT2D eigenvalue weighted by atomic mass is 79.9. The molecule has 0 saturated carbocycles. The molecule has 0 amide bonds. The lowest BCUT2D eigenvalue weighted by Crippen LogP contribution is -2.24. The summed E-state index contributed by atoms with van der Waals surface area (Å²) in [5, 5.41) is 0. The molecular weight excluding hydrogens is 386 g/mol. The standard InChI is InChI=1S/C17H13BrF2O4/c1-9(16(21)10-3-6-14(19)15(20)7-10)24-17(22)12-8-11(23-2)4-5-13(12)18/h3-9H,1-2H3. The van der Waals surface area contributed by atoms with Gasteiger partial charge in [0.25, 0.3) is 0 Å². The second kappa shape index (κ2) is 7.53. The van der Waals surface area contributed by atoms with Crippen molar-refractivity contribution in [1.82, 2.24) is 0 Å². The van der Waals surface area contributed by atoms with Gasteiger partial charge in [0.1, 0.15) is 5.75 Å². The van der Waals surface area contributed by atoms with E-state index in [0.29, 0.717) is 10.2 Å². The summed E-state index contributed by atoms with van der Waals surface area (Å²) in [6.45, 7) is 1.36. The lowest BCUT2D eigenvalue weighted by atomic mass is 10.1. The fourth-order valence-electron chi connectivity index (χ4n) is 1.95. The first-order valence-electron chi connectivity index (χ1n) is 6.87. The Bertz CT molecular complexity index is 792. The predicted molar refractivity (Wildman–Crippen MR) is 86.3 cm³/mol. The molecule has 126 valence electrons. The number of ketones is 1. The van der Waals surface area contributed by atoms with Gasteiger partial charge in [-0.25, -0.2) is 13.6 Å². The average molecular weight is 399 g/mol. The highest BCUT2D eigenvalue weighted by Crippen LogP contribution is 2.24. The van der Waals surface area contributed by atoms with E-state index in [0.717, 1.165) is 18.2 Å². The molecule has 1 unspecified atom stereocenters. The Morgan fingerprint density at radius 1 is 1.08 bits per heavy atom. The van der Waals surface area contributed by atoms with Crippen LogP contribution in [0.15, 0.2) is 40.9 Å². The van der Waals surface area contributed by atoms with Crippen molar-refractivity contribution in [2.24, 2.45) is 0 Å². The minimum Gasteiger partial charge on any atom is -0.497 e. The summed E-state index contributed by atoms with van der Waals surface area (Å²) in [6, 6.07) is 7.46. The van der Waals surface area contributed by atoms with Crippen LogP contribution in [0.5, 0.6) is 5.75 Å². The minimum atomic E-state index is -1.17. The largest absolute Gasteiger partial charge is 0.497 e. The normalized spacial score (nSPS) is 11.7. The third kappa shape index (κ3) is 3.97. The van der Waals surface area contributed by atoms with E-state index in [1.54, 1.807) is 12.1 Å². The molecule has 4 nitrogen and oxygen atoms in total. The van der Waals surface area contributed by atoms with Crippen LogP contribution in [0.25, 0.3) is 0 Å². The zero-order valence-electron chi connectivity index (χ0n) is 12.8. The van der Waals surface area contributed by atoms with Gasteiger partial charge in [0, 0.05) is 10.0 Å². The molecule has 0 N–H and O–H groups in total. The molecule has 2 aromatic rings. The molecule has 0 bridgehead atoms. The second-order valence-electron chi connectivity index (χ2n) is 4.89. The molecule has 2 rings (SSSR count). The molecule has 0 fully saturated rings. The first kappa shape index (κ1) is 18.1. The number of rotatable bonds is 5. The molecule has 0 spiro atoms. The van der Waals surface area contributed by atoms with Gasteiger partial charge in [-0.2, -0.15) is 0 Å². The lowest BCUT2D eigenvalue weighted by molar-refractivity contribution is 0.0317. The SMILES string of the molecule is COc1ccc(Br)c(C(=O)OC(C)C(=O)c2ccc(F)c(F)c2)c1. The van der Waals surface area contributed by atoms with Crippen molar-refractivity contribution in [3.05, 3.63) is 63.6 Å². The van der Waals surface area contributed by atoms with E-state index in [9.17, 15) is 18.4 Å². The first-order chi connectivity index (χ1) is 11.3. The maximum Gasteiger partial charge on any atom is 0.340 e. The molecule has 0 saturated heterocycles. The third-order valence-corrected chi connectivity index (χ3v) is 3.94. The van der Waals surface area contributed by atoms with E-state index in [-0.39, 0.29) is 11.1 Å². The van der Waals surface area contributed by atoms with Crippen LogP contribution in [-0.2, 0) is 4.74 Å². The summed E-state index contributed by atoms with van der Waals surface area (Å²) in [5.74, 6) is -3.14. The molecule has 1 atom stereocenters. The number of hydrogen-bond donors (Lipinski definition) is 0. The molecule has 7 heteroatoms. The van der Waals surface area contributed by atoms with Crippen molar-refractivity contribution < 1.29 is 27.8 Å². The highest BCUT2D eigenvalue weighted by Gasteiger charge is 2.23. The first-order valence-corrected chi connectivity index (χ1v) is 7.66. The second-order valence-corrected chi connectivity index (χ2v) is 5.74. The van der Waals surface area contributed by atoms with Crippen LogP contribution in [0.4, 0.5) is 8.78 Å². The van der Waals surface area contributed by atoms with Gasteiger partial charge >= 0.3 is 5.97 Å². The van der Waals surface area contributed by atoms with Crippen molar-refractivity contribution in [2.45, 2.75) is 13.0 Å². The van der Waals surface area contributed by atoms with E-state index in [4.69, 9.17) is 9.47 Å². The fraction of sp³-hybridized carbons (Fsp3) is 0.176. The van der Waals surface area contributed by atoms with Crippen molar-refractivity contribution in [1.29, 1.82) is 0 Å². The van der Waals surface area contributed by atoms with Gasteiger partial charge < -0.3 is 9.47 Å². The van der Waals surface area contributed by atoms with E-state index >= 15 is 0 Å². The molecule has 0 radical (unpaired) electrons. The molecule has 0 aromatic heterocycles. The van der Waals surface area contributed by atoms with Crippen LogP contribution >= 0.6 is 15.9 Å². The summed E-state index contributed by atoms with van der Waals surface area (Å²) in [6.07, 6.45) is -1.17. The van der Waals surface area contributed by atoms with E-state index in [1.807, 2.05) is 0 Å². The number of carbonyl (C=O) groups excluding carboxylic acids is 2.